The molecule has 0 spiro atoms. The van der Waals surface area contributed by atoms with Crippen molar-refractivity contribution in [2.45, 2.75) is 45.6 Å². The first-order valence-electron chi connectivity index (χ1n) is 7.63. The van der Waals surface area contributed by atoms with Crippen molar-refractivity contribution in [2.75, 3.05) is 40.3 Å². The van der Waals surface area contributed by atoms with Crippen LogP contribution in [0.25, 0.3) is 0 Å². The van der Waals surface area contributed by atoms with E-state index in [-0.39, 0.29) is 12.0 Å². The van der Waals surface area contributed by atoms with E-state index in [2.05, 4.69) is 30.8 Å². The molecule has 1 aliphatic heterocycles. The molecule has 0 radical (unpaired) electrons. The SMILES string of the molecule is CCCC(C(=O)OCC)N1CCC(CN(C)C)CC1. The smallest absolute Gasteiger partial charge is 0.323 e. The first-order chi connectivity index (χ1) is 9.08. The summed E-state index contributed by atoms with van der Waals surface area (Å²) in [6.07, 6.45) is 4.33. The summed E-state index contributed by atoms with van der Waals surface area (Å²) < 4.78 is 5.21. The number of piperidine rings is 1. The summed E-state index contributed by atoms with van der Waals surface area (Å²) in [5.41, 5.74) is 0. The van der Waals surface area contributed by atoms with Crippen LogP contribution in [-0.4, -0.2) is 62.1 Å². The van der Waals surface area contributed by atoms with Gasteiger partial charge in [-0.15, -0.1) is 0 Å². The summed E-state index contributed by atoms with van der Waals surface area (Å²) in [6, 6.07) is -0.0229. The second kappa shape index (κ2) is 8.54. The molecule has 1 rings (SSSR count). The van der Waals surface area contributed by atoms with E-state index < -0.39 is 0 Å². The van der Waals surface area contributed by atoms with E-state index in [0.717, 1.165) is 38.4 Å². The standard InChI is InChI=1S/C15H30N2O2/c1-5-7-14(15(18)19-6-2)17-10-8-13(9-11-17)12-16(3)4/h13-14H,5-12H2,1-4H3. The largest absolute Gasteiger partial charge is 0.465 e. The van der Waals surface area contributed by atoms with Gasteiger partial charge in [0.15, 0.2) is 0 Å². The van der Waals surface area contributed by atoms with E-state index in [1.807, 2.05) is 6.92 Å². The number of hydrogen-bond acceptors (Lipinski definition) is 4. The summed E-state index contributed by atoms with van der Waals surface area (Å²) in [6.45, 7) is 7.71. The molecule has 1 heterocycles. The summed E-state index contributed by atoms with van der Waals surface area (Å²) in [5, 5.41) is 0. The molecule has 1 unspecified atom stereocenters. The number of esters is 1. The van der Waals surface area contributed by atoms with E-state index in [1.54, 1.807) is 0 Å². The Hall–Kier alpha value is -0.610. The minimum atomic E-state index is -0.0320. The zero-order valence-corrected chi connectivity index (χ0v) is 13.0. The zero-order chi connectivity index (χ0) is 14.3. The Bertz CT molecular complexity index is 261. The third-order valence-electron chi connectivity index (χ3n) is 3.83. The summed E-state index contributed by atoms with van der Waals surface area (Å²) >= 11 is 0. The number of rotatable bonds is 7. The van der Waals surface area contributed by atoms with Gasteiger partial charge in [0.25, 0.3) is 0 Å². The van der Waals surface area contributed by atoms with Crippen molar-refractivity contribution in [3.8, 4) is 0 Å². The van der Waals surface area contributed by atoms with Gasteiger partial charge in [0.2, 0.25) is 0 Å². The predicted molar refractivity (Wildman–Crippen MR) is 78.2 cm³/mol. The Morgan fingerprint density at radius 2 is 1.95 bits per heavy atom. The third-order valence-corrected chi connectivity index (χ3v) is 3.83. The molecule has 0 amide bonds. The molecule has 0 saturated carbocycles. The van der Waals surface area contributed by atoms with E-state index >= 15 is 0 Å². The fourth-order valence-electron chi connectivity index (χ4n) is 2.92. The molecule has 0 aromatic heterocycles. The van der Waals surface area contributed by atoms with Gasteiger partial charge in [0, 0.05) is 6.54 Å². The van der Waals surface area contributed by atoms with Crippen LogP contribution in [0.2, 0.25) is 0 Å². The van der Waals surface area contributed by atoms with Crippen molar-refractivity contribution in [2.24, 2.45) is 5.92 Å². The molecule has 4 heteroatoms. The van der Waals surface area contributed by atoms with Crippen molar-refractivity contribution in [1.82, 2.24) is 9.80 Å². The van der Waals surface area contributed by atoms with E-state index in [1.165, 1.54) is 12.8 Å². The van der Waals surface area contributed by atoms with Crippen LogP contribution in [0.4, 0.5) is 0 Å². The fraction of sp³-hybridized carbons (Fsp3) is 0.933. The summed E-state index contributed by atoms with van der Waals surface area (Å²) in [7, 11) is 4.26. The topological polar surface area (TPSA) is 32.8 Å². The number of carbonyl (C=O) groups is 1. The highest BCUT2D eigenvalue weighted by molar-refractivity contribution is 5.75. The highest BCUT2D eigenvalue weighted by Crippen LogP contribution is 2.21. The molecule has 0 aromatic carbocycles. The van der Waals surface area contributed by atoms with Crippen molar-refractivity contribution >= 4 is 5.97 Å². The Labute approximate surface area is 118 Å². The first kappa shape index (κ1) is 16.4. The molecular weight excluding hydrogens is 240 g/mol. The van der Waals surface area contributed by atoms with Crippen LogP contribution in [0.15, 0.2) is 0 Å². The molecule has 0 N–H and O–H groups in total. The van der Waals surface area contributed by atoms with Gasteiger partial charge in [0.1, 0.15) is 6.04 Å². The zero-order valence-electron chi connectivity index (χ0n) is 13.0. The monoisotopic (exact) mass is 270 g/mol. The van der Waals surface area contributed by atoms with Gasteiger partial charge in [-0.1, -0.05) is 13.3 Å². The molecule has 112 valence electrons. The molecule has 1 atom stereocenters. The van der Waals surface area contributed by atoms with Gasteiger partial charge in [-0.05, 0) is 59.3 Å². The highest BCUT2D eigenvalue weighted by Gasteiger charge is 2.30. The number of carbonyl (C=O) groups excluding carboxylic acids is 1. The Balaban J connectivity index is 2.47. The minimum absolute atomic E-state index is 0.0229. The number of likely N-dealkylation sites (tertiary alicyclic amines) is 1. The quantitative estimate of drug-likeness (QED) is 0.662. The lowest BCUT2D eigenvalue weighted by Crippen LogP contribution is -2.47. The third kappa shape index (κ3) is 5.49. The van der Waals surface area contributed by atoms with Gasteiger partial charge < -0.3 is 9.64 Å². The summed E-state index contributed by atoms with van der Waals surface area (Å²) in [4.78, 5) is 16.6. The van der Waals surface area contributed by atoms with Crippen molar-refractivity contribution in [3.05, 3.63) is 0 Å². The Morgan fingerprint density at radius 1 is 1.32 bits per heavy atom. The van der Waals surface area contributed by atoms with Gasteiger partial charge in [-0.2, -0.15) is 0 Å². The van der Waals surface area contributed by atoms with Gasteiger partial charge in [0.05, 0.1) is 6.61 Å². The number of ether oxygens (including phenoxy) is 1. The van der Waals surface area contributed by atoms with Crippen LogP contribution < -0.4 is 0 Å². The van der Waals surface area contributed by atoms with Gasteiger partial charge >= 0.3 is 5.97 Å². The van der Waals surface area contributed by atoms with Crippen LogP contribution in [0.5, 0.6) is 0 Å². The molecule has 0 aliphatic carbocycles. The average Bonchev–Trinajstić information content (AvgIpc) is 2.36. The number of nitrogens with zero attached hydrogens (tertiary/aromatic N) is 2. The second-order valence-corrected chi connectivity index (χ2v) is 5.80. The normalized spacial score (nSPS) is 19.6. The van der Waals surface area contributed by atoms with Crippen molar-refractivity contribution in [3.63, 3.8) is 0 Å². The van der Waals surface area contributed by atoms with Crippen LogP contribution in [0.3, 0.4) is 0 Å². The molecule has 1 aliphatic rings. The molecular formula is C15H30N2O2. The molecule has 19 heavy (non-hydrogen) atoms. The lowest BCUT2D eigenvalue weighted by Gasteiger charge is -2.37. The molecule has 0 aromatic rings. The van der Waals surface area contributed by atoms with Crippen LogP contribution in [0, 0.1) is 5.92 Å². The van der Waals surface area contributed by atoms with Crippen LogP contribution >= 0.6 is 0 Å². The van der Waals surface area contributed by atoms with E-state index in [4.69, 9.17) is 4.74 Å². The lowest BCUT2D eigenvalue weighted by atomic mass is 9.94. The van der Waals surface area contributed by atoms with Crippen molar-refractivity contribution < 1.29 is 9.53 Å². The van der Waals surface area contributed by atoms with Crippen molar-refractivity contribution in [1.29, 1.82) is 0 Å². The Morgan fingerprint density at radius 3 is 2.42 bits per heavy atom. The highest BCUT2D eigenvalue weighted by atomic mass is 16.5. The maximum Gasteiger partial charge on any atom is 0.323 e. The Kier molecular flexibility index (Phi) is 7.39. The maximum atomic E-state index is 12.0. The van der Waals surface area contributed by atoms with Crippen LogP contribution in [0.1, 0.15) is 39.5 Å². The molecule has 4 nitrogen and oxygen atoms in total. The molecule has 0 bridgehead atoms. The van der Waals surface area contributed by atoms with Gasteiger partial charge in [-0.3, -0.25) is 9.69 Å². The first-order valence-corrected chi connectivity index (χ1v) is 7.63. The van der Waals surface area contributed by atoms with Gasteiger partial charge in [-0.25, -0.2) is 0 Å². The lowest BCUT2D eigenvalue weighted by molar-refractivity contribution is -0.150. The van der Waals surface area contributed by atoms with Crippen LogP contribution in [-0.2, 0) is 9.53 Å². The minimum Gasteiger partial charge on any atom is -0.465 e. The molecule has 1 fully saturated rings. The number of hydrogen-bond donors (Lipinski definition) is 0. The van der Waals surface area contributed by atoms with E-state index in [0.29, 0.717) is 6.61 Å². The average molecular weight is 270 g/mol. The van der Waals surface area contributed by atoms with E-state index in [9.17, 15) is 4.79 Å². The second-order valence-electron chi connectivity index (χ2n) is 5.80. The fourth-order valence-corrected chi connectivity index (χ4v) is 2.92. The maximum absolute atomic E-state index is 12.0. The predicted octanol–water partition coefficient (Wildman–Crippen LogP) is 1.99. The molecule has 1 saturated heterocycles. The summed E-state index contributed by atoms with van der Waals surface area (Å²) in [5.74, 6) is 0.742.